The Kier molecular flexibility index (Phi) is 5.19. The van der Waals surface area contributed by atoms with Crippen LogP contribution in [0.5, 0.6) is 0 Å². The maximum absolute atomic E-state index is 13.1. The molecule has 0 radical (unpaired) electrons. The summed E-state index contributed by atoms with van der Waals surface area (Å²) < 4.78 is 18.6. The number of halogens is 1. The first-order valence-electron chi connectivity index (χ1n) is 7.90. The lowest BCUT2D eigenvalue weighted by atomic mass is 10.0. The predicted octanol–water partition coefficient (Wildman–Crippen LogP) is 1.33. The predicted molar refractivity (Wildman–Crippen MR) is 84.3 cm³/mol. The Hall–Kier alpha value is -1.99. The van der Waals surface area contributed by atoms with E-state index in [1.165, 1.54) is 12.1 Å². The van der Waals surface area contributed by atoms with E-state index in [4.69, 9.17) is 4.74 Å². The fourth-order valence-electron chi connectivity index (χ4n) is 2.74. The Morgan fingerprint density at radius 2 is 2.39 bits per heavy atom. The summed E-state index contributed by atoms with van der Waals surface area (Å²) in [5.41, 5.74) is 1.30. The molecule has 0 unspecified atom stereocenters. The summed E-state index contributed by atoms with van der Waals surface area (Å²) in [4.78, 5) is 19.1. The number of imidazole rings is 1. The van der Waals surface area contributed by atoms with Crippen molar-refractivity contribution < 1.29 is 13.9 Å². The number of rotatable bonds is 6. The van der Waals surface area contributed by atoms with Crippen molar-refractivity contribution in [2.24, 2.45) is 5.92 Å². The van der Waals surface area contributed by atoms with Gasteiger partial charge in [-0.2, -0.15) is 0 Å². The number of hydrogen-bond donors (Lipinski definition) is 3. The van der Waals surface area contributed by atoms with Gasteiger partial charge in [-0.25, -0.2) is 9.37 Å². The molecule has 0 saturated carbocycles. The Morgan fingerprint density at radius 1 is 1.48 bits per heavy atom. The van der Waals surface area contributed by atoms with Gasteiger partial charge in [0, 0.05) is 6.54 Å². The van der Waals surface area contributed by atoms with E-state index in [1.807, 2.05) is 0 Å². The number of fused-ring (bicyclic) bond motifs is 1. The molecule has 7 heteroatoms. The summed E-state index contributed by atoms with van der Waals surface area (Å²) in [6, 6.07) is 4.35. The van der Waals surface area contributed by atoms with E-state index in [1.54, 1.807) is 6.07 Å². The van der Waals surface area contributed by atoms with Crippen LogP contribution in [-0.2, 0) is 16.1 Å². The fraction of sp³-hybridized carbons (Fsp3) is 0.500. The van der Waals surface area contributed by atoms with Gasteiger partial charge in [-0.1, -0.05) is 0 Å². The van der Waals surface area contributed by atoms with E-state index in [9.17, 15) is 9.18 Å². The molecule has 124 valence electrons. The molecule has 1 amide bonds. The first kappa shape index (κ1) is 15.9. The third-order valence-corrected chi connectivity index (χ3v) is 3.93. The van der Waals surface area contributed by atoms with E-state index in [0.29, 0.717) is 29.4 Å². The molecule has 2 aromatic rings. The summed E-state index contributed by atoms with van der Waals surface area (Å²) in [7, 11) is 0. The molecule has 0 bridgehead atoms. The largest absolute Gasteiger partial charge is 0.371 e. The highest BCUT2D eigenvalue weighted by Crippen LogP contribution is 2.13. The number of ether oxygens (including phenoxy) is 1. The van der Waals surface area contributed by atoms with Crippen LogP contribution < -0.4 is 10.6 Å². The normalized spacial score (nSPS) is 18.2. The molecule has 1 fully saturated rings. The van der Waals surface area contributed by atoms with E-state index in [0.717, 1.165) is 25.9 Å². The molecular weight excluding hydrogens is 299 g/mol. The lowest BCUT2D eigenvalue weighted by Crippen LogP contribution is -2.34. The zero-order valence-electron chi connectivity index (χ0n) is 12.9. The van der Waals surface area contributed by atoms with Gasteiger partial charge in [0.05, 0.1) is 24.2 Å². The van der Waals surface area contributed by atoms with Crippen molar-refractivity contribution in [3.63, 3.8) is 0 Å². The van der Waals surface area contributed by atoms with Crippen LogP contribution in [0.3, 0.4) is 0 Å². The molecule has 0 spiro atoms. The van der Waals surface area contributed by atoms with Crippen molar-refractivity contribution in [1.29, 1.82) is 0 Å². The quantitative estimate of drug-likeness (QED) is 0.750. The molecule has 1 saturated heterocycles. The number of nitrogens with one attached hydrogen (secondary N) is 3. The minimum Gasteiger partial charge on any atom is -0.371 e. The highest BCUT2D eigenvalue weighted by Gasteiger charge is 2.13. The number of carbonyl (C=O) groups is 1. The third kappa shape index (κ3) is 4.49. The average Bonchev–Trinajstić information content (AvgIpc) is 2.96. The van der Waals surface area contributed by atoms with Crippen molar-refractivity contribution >= 4 is 16.9 Å². The van der Waals surface area contributed by atoms with E-state index in [-0.39, 0.29) is 24.9 Å². The van der Waals surface area contributed by atoms with Crippen LogP contribution in [0, 0.1) is 11.7 Å². The maximum Gasteiger partial charge on any atom is 0.246 e. The highest BCUT2D eigenvalue weighted by atomic mass is 19.1. The summed E-state index contributed by atoms with van der Waals surface area (Å²) in [6.07, 6.45) is 2.30. The van der Waals surface area contributed by atoms with Crippen molar-refractivity contribution in [2.45, 2.75) is 19.4 Å². The molecule has 0 aliphatic carbocycles. The number of carbonyl (C=O) groups excluding carboxylic acids is 1. The molecule has 1 aromatic heterocycles. The molecule has 2 heterocycles. The van der Waals surface area contributed by atoms with Crippen LogP contribution >= 0.6 is 0 Å². The van der Waals surface area contributed by atoms with Crippen LogP contribution in [0.4, 0.5) is 4.39 Å². The number of H-pyrrole nitrogens is 1. The molecule has 23 heavy (non-hydrogen) atoms. The number of nitrogens with zero attached hydrogens (tertiary/aromatic N) is 1. The van der Waals surface area contributed by atoms with Crippen LogP contribution in [0.2, 0.25) is 0 Å². The second-order valence-electron chi connectivity index (χ2n) is 5.85. The fourth-order valence-corrected chi connectivity index (χ4v) is 2.74. The van der Waals surface area contributed by atoms with Gasteiger partial charge in [0.1, 0.15) is 18.2 Å². The third-order valence-electron chi connectivity index (χ3n) is 3.93. The first-order valence-corrected chi connectivity index (χ1v) is 7.90. The van der Waals surface area contributed by atoms with Gasteiger partial charge in [-0.3, -0.25) is 4.79 Å². The van der Waals surface area contributed by atoms with E-state index in [2.05, 4.69) is 20.6 Å². The second kappa shape index (κ2) is 7.52. The highest BCUT2D eigenvalue weighted by molar-refractivity contribution is 5.77. The van der Waals surface area contributed by atoms with Crippen LogP contribution in [-0.4, -0.2) is 42.2 Å². The lowest BCUT2D eigenvalue weighted by molar-refractivity contribution is -0.126. The Morgan fingerprint density at radius 3 is 3.22 bits per heavy atom. The minimum atomic E-state index is -0.317. The number of aromatic nitrogens is 2. The Balaban J connectivity index is 1.40. The monoisotopic (exact) mass is 320 g/mol. The molecule has 3 N–H and O–H groups in total. The zero-order chi connectivity index (χ0) is 16.1. The number of piperidine rings is 1. The van der Waals surface area contributed by atoms with Crippen LogP contribution in [0.15, 0.2) is 18.2 Å². The van der Waals surface area contributed by atoms with Crippen molar-refractivity contribution in [1.82, 2.24) is 20.6 Å². The molecular formula is C16H21FN4O2. The Labute approximate surface area is 133 Å². The zero-order valence-corrected chi connectivity index (χ0v) is 12.9. The van der Waals surface area contributed by atoms with Gasteiger partial charge in [0.25, 0.3) is 0 Å². The van der Waals surface area contributed by atoms with Gasteiger partial charge < -0.3 is 20.4 Å². The van der Waals surface area contributed by atoms with Gasteiger partial charge in [0.15, 0.2) is 0 Å². The van der Waals surface area contributed by atoms with E-state index < -0.39 is 0 Å². The Bertz CT molecular complexity index is 667. The summed E-state index contributed by atoms with van der Waals surface area (Å²) in [5.74, 6) is 0.583. The van der Waals surface area contributed by atoms with Gasteiger partial charge >= 0.3 is 0 Å². The SMILES string of the molecule is O=C(COC[C@H]1CCCNC1)NCc1nc2ccc(F)cc2[nH]1. The van der Waals surface area contributed by atoms with Gasteiger partial charge in [-0.05, 0) is 43.5 Å². The van der Waals surface area contributed by atoms with Gasteiger partial charge in [0.2, 0.25) is 5.91 Å². The first-order chi connectivity index (χ1) is 11.2. The van der Waals surface area contributed by atoms with Crippen molar-refractivity contribution in [3.05, 3.63) is 29.8 Å². The molecule has 1 atom stereocenters. The summed E-state index contributed by atoms with van der Waals surface area (Å²) in [6.45, 7) is 2.94. The maximum atomic E-state index is 13.1. The number of hydrogen-bond acceptors (Lipinski definition) is 4. The molecule has 3 rings (SSSR count). The van der Waals surface area contributed by atoms with Crippen LogP contribution in [0.1, 0.15) is 18.7 Å². The minimum absolute atomic E-state index is 0.0470. The summed E-state index contributed by atoms with van der Waals surface area (Å²) >= 11 is 0. The molecule has 1 aromatic carbocycles. The topological polar surface area (TPSA) is 79.0 Å². The molecule has 1 aliphatic heterocycles. The lowest BCUT2D eigenvalue weighted by Gasteiger charge is -2.22. The summed E-state index contributed by atoms with van der Waals surface area (Å²) in [5, 5.41) is 6.06. The van der Waals surface area contributed by atoms with E-state index >= 15 is 0 Å². The van der Waals surface area contributed by atoms with Crippen molar-refractivity contribution in [3.8, 4) is 0 Å². The standard InChI is InChI=1S/C16H21FN4O2/c17-12-3-4-13-14(6-12)21-15(20-13)8-19-16(22)10-23-9-11-2-1-5-18-7-11/h3-4,6,11,18H,1-2,5,7-10H2,(H,19,22)(H,20,21)/t11-/m0/s1. The number of aromatic amines is 1. The van der Waals surface area contributed by atoms with Crippen molar-refractivity contribution in [2.75, 3.05) is 26.3 Å². The molecule has 6 nitrogen and oxygen atoms in total. The number of benzene rings is 1. The van der Waals surface area contributed by atoms with Gasteiger partial charge in [-0.15, -0.1) is 0 Å². The average molecular weight is 320 g/mol. The number of amides is 1. The second-order valence-corrected chi connectivity index (χ2v) is 5.85. The molecule has 1 aliphatic rings. The smallest absolute Gasteiger partial charge is 0.246 e. The van der Waals surface area contributed by atoms with Crippen LogP contribution in [0.25, 0.3) is 11.0 Å².